The van der Waals surface area contributed by atoms with Crippen LogP contribution in [0, 0.1) is 0 Å². The number of anilines is 1. The molecule has 0 unspecified atom stereocenters. The van der Waals surface area contributed by atoms with Crippen LogP contribution in [0.4, 0.5) is 5.69 Å². The number of hydrogen-bond acceptors (Lipinski definition) is 3. The number of nitrogens with one attached hydrogen (secondary N) is 2. The zero-order valence-electron chi connectivity index (χ0n) is 12.2. The van der Waals surface area contributed by atoms with Crippen LogP contribution in [0.5, 0.6) is 5.75 Å². The summed E-state index contributed by atoms with van der Waals surface area (Å²) >= 11 is 3.39. The number of aromatic amines is 1. The van der Waals surface area contributed by atoms with Gasteiger partial charge in [-0.2, -0.15) is 0 Å². The molecule has 0 aliphatic carbocycles. The highest BCUT2D eigenvalue weighted by Crippen LogP contribution is 2.44. The van der Waals surface area contributed by atoms with Crippen LogP contribution in [0.15, 0.2) is 47.1 Å². The lowest BCUT2D eigenvalue weighted by Crippen LogP contribution is -2.35. The molecule has 3 N–H and O–H groups in total. The number of amides is 1. The molecule has 2 heterocycles. The standard InChI is InChI=1S/C17H13BrN2O3/c1-23-10-3-5-14-11(7-10)13(8-19-14)17(22)12-6-9(18)2-4-15(12)20-16(17)21/h2-8,19,22H,1H3,(H,20,21)/t17-/m1/s1. The van der Waals surface area contributed by atoms with E-state index < -0.39 is 11.5 Å². The summed E-state index contributed by atoms with van der Waals surface area (Å²) < 4.78 is 6.05. The number of carbonyl (C=O) groups excluding carboxylic acids is 1. The smallest absolute Gasteiger partial charge is 0.265 e. The van der Waals surface area contributed by atoms with Crippen molar-refractivity contribution in [3.63, 3.8) is 0 Å². The van der Waals surface area contributed by atoms with E-state index in [1.54, 1.807) is 25.4 Å². The second kappa shape index (κ2) is 4.84. The average molecular weight is 373 g/mol. The van der Waals surface area contributed by atoms with Crippen LogP contribution in [-0.2, 0) is 10.4 Å². The van der Waals surface area contributed by atoms with Crippen molar-refractivity contribution >= 4 is 38.4 Å². The number of methoxy groups -OCH3 is 1. The van der Waals surface area contributed by atoms with E-state index in [0.717, 1.165) is 15.4 Å². The van der Waals surface area contributed by atoms with E-state index in [0.29, 0.717) is 22.6 Å². The minimum Gasteiger partial charge on any atom is -0.497 e. The Morgan fingerprint density at radius 1 is 1.17 bits per heavy atom. The summed E-state index contributed by atoms with van der Waals surface area (Å²) in [5, 5.41) is 14.8. The number of carbonyl (C=O) groups is 1. The van der Waals surface area contributed by atoms with Gasteiger partial charge in [0.1, 0.15) is 5.75 Å². The maximum atomic E-state index is 12.5. The molecule has 23 heavy (non-hydrogen) atoms. The first kappa shape index (κ1) is 14.3. The van der Waals surface area contributed by atoms with E-state index in [9.17, 15) is 9.90 Å². The fourth-order valence-corrected chi connectivity index (χ4v) is 3.41. The summed E-state index contributed by atoms with van der Waals surface area (Å²) in [5.41, 5.74) is 0.716. The van der Waals surface area contributed by atoms with Crippen LogP contribution in [0.2, 0.25) is 0 Å². The highest BCUT2D eigenvalue weighted by atomic mass is 79.9. The van der Waals surface area contributed by atoms with Crippen LogP contribution < -0.4 is 10.1 Å². The molecule has 1 atom stereocenters. The fourth-order valence-electron chi connectivity index (χ4n) is 3.05. The minimum atomic E-state index is -1.75. The number of hydrogen-bond donors (Lipinski definition) is 3. The van der Waals surface area contributed by atoms with Crippen molar-refractivity contribution in [1.29, 1.82) is 0 Å². The average Bonchev–Trinajstić information content (AvgIpc) is 3.08. The molecule has 2 aromatic carbocycles. The van der Waals surface area contributed by atoms with Crippen LogP contribution >= 0.6 is 15.9 Å². The summed E-state index contributed by atoms with van der Waals surface area (Å²) in [6.45, 7) is 0. The van der Waals surface area contributed by atoms with Crippen molar-refractivity contribution in [3.8, 4) is 5.75 Å². The van der Waals surface area contributed by atoms with Gasteiger partial charge in [-0.15, -0.1) is 0 Å². The molecular formula is C17H13BrN2O3. The molecule has 1 amide bonds. The normalized spacial score (nSPS) is 19.7. The van der Waals surface area contributed by atoms with E-state index in [2.05, 4.69) is 26.2 Å². The quantitative estimate of drug-likeness (QED) is 0.646. The topological polar surface area (TPSA) is 74.3 Å². The van der Waals surface area contributed by atoms with Gasteiger partial charge < -0.3 is 20.1 Å². The Hall–Kier alpha value is -2.31. The Labute approximate surface area is 140 Å². The molecule has 0 saturated carbocycles. The van der Waals surface area contributed by atoms with E-state index in [4.69, 9.17) is 4.74 Å². The number of rotatable bonds is 2. The van der Waals surface area contributed by atoms with Crippen LogP contribution in [0.1, 0.15) is 11.1 Å². The van der Waals surface area contributed by atoms with Gasteiger partial charge in [-0.1, -0.05) is 15.9 Å². The van der Waals surface area contributed by atoms with Gasteiger partial charge in [0.05, 0.1) is 7.11 Å². The van der Waals surface area contributed by atoms with Crippen molar-refractivity contribution in [2.75, 3.05) is 12.4 Å². The van der Waals surface area contributed by atoms with Gasteiger partial charge in [0.2, 0.25) is 0 Å². The van der Waals surface area contributed by atoms with Gasteiger partial charge in [-0.25, -0.2) is 0 Å². The zero-order valence-corrected chi connectivity index (χ0v) is 13.8. The van der Waals surface area contributed by atoms with Gasteiger partial charge in [0.15, 0.2) is 5.60 Å². The summed E-state index contributed by atoms with van der Waals surface area (Å²) in [4.78, 5) is 15.6. The van der Waals surface area contributed by atoms with E-state index >= 15 is 0 Å². The summed E-state index contributed by atoms with van der Waals surface area (Å²) in [6.07, 6.45) is 1.67. The van der Waals surface area contributed by atoms with Crippen LogP contribution in [-0.4, -0.2) is 23.1 Å². The lowest BCUT2D eigenvalue weighted by Gasteiger charge is -2.20. The third-order valence-corrected chi connectivity index (χ3v) is 4.72. The summed E-state index contributed by atoms with van der Waals surface area (Å²) in [7, 11) is 1.58. The highest BCUT2D eigenvalue weighted by molar-refractivity contribution is 9.10. The Morgan fingerprint density at radius 2 is 2.00 bits per heavy atom. The Bertz CT molecular complexity index is 950. The molecule has 0 bridgehead atoms. The number of ether oxygens (including phenoxy) is 1. The molecule has 0 fully saturated rings. The predicted molar refractivity (Wildman–Crippen MR) is 90.6 cm³/mol. The first-order valence-corrected chi connectivity index (χ1v) is 7.83. The van der Waals surface area contributed by atoms with Crippen molar-refractivity contribution in [2.24, 2.45) is 0 Å². The Balaban J connectivity index is 2.00. The van der Waals surface area contributed by atoms with Crippen LogP contribution in [0.25, 0.3) is 10.9 Å². The lowest BCUT2D eigenvalue weighted by molar-refractivity contribution is -0.129. The third kappa shape index (κ3) is 1.92. The van der Waals surface area contributed by atoms with Gasteiger partial charge in [0, 0.05) is 38.4 Å². The van der Waals surface area contributed by atoms with Gasteiger partial charge in [0.25, 0.3) is 5.91 Å². The minimum absolute atomic E-state index is 0.464. The van der Waals surface area contributed by atoms with E-state index in [-0.39, 0.29) is 0 Å². The Morgan fingerprint density at radius 3 is 2.78 bits per heavy atom. The molecule has 4 rings (SSSR count). The monoisotopic (exact) mass is 372 g/mol. The largest absolute Gasteiger partial charge is 0.497 e. The second-order valence-corrected chi connectivity index (χ2v) is 6.38. The molecule has 1 aliphatic rings. The molecular weight excluding hydrogens is 360 g/mol. The van der Waals surface area contributed by atoms with Crippen molar-refractivity contribution in [1.82, 2.24) is 4.98 Å². The maximum Gasteiger partial charge on any atom is 0.265 e. The molecule has 3 aromatic rings. The highest BCUT2D eigenvalue weighted by Gasteiger charge is 2.48. The van der Waals surface area contributed by atoms with Crippen LogP contribution in [0.3, 0.4) is 0 Å². The Kier molecular flexibility index (Phi) is 3.01. The molecule has 1 aromatic heterocycles. The second-order valence-electron chi connectivity index (χ2n) is 5.47. The first-order chi connectivity index (χ1) is 11.0. The maximum absolute atomic E-state index is 12.5. The number of benzene rings is 2. The molecule has 0 saturated heterocycles. The summed E-state index contributed by atoms with van der Waals surface area (Å²) in [5.74, 6) is 0.198. The SMILES string of the molecule is COc1ccc2[nH]cc([C@@]3(O)C(=O)Nc4ccc(Br)cc43)c2c1. The number of aliphatic hydroxyl groups is 1. The molecule has 5 nitrogen and oxygen atoms in total. The first-order valence-electron chi connectivity index (χ1n) is 7.03. The molecule has 116 valence electrons. The van der Waals surface area contributed by atoms with Gasteiger partial charge in [-0.05, 0) is 36.4 Å². The summed E-state index contributed by atoms with van der Waals surface area (Å²) in [6, 6.07) is 10.8. The number of fused-ring (bicyclic) bond motifs is 2. The van der Waals surface area contributed by atoms with Crippen molar-refractivity contribution in [3.05, 3.63) is 58.2 Å². The van der Waals surface area contributed by atoms with Crippen molar-refractivity contribution < 1.29 is 14.6 Å². The zero-order chi connectivity index (χ0) is 16.2. The number of aromatic nitrogens is 1. The third-order valence-electron chi connectivity index (χ3n) is 4.23. The predicted octanol–water partition coefficient (Wildman–Crippen LogP) is 3.13. The van der Waals surface area contributed by atoms with Crippen molar-refractivity contribution in [2.45, 2.75) is 5.60 Å². The van der Waals surface area contributed by atoms with Gasteiger partial charge >= 0.3 is 0 Å². The lowest BCUT2D eigenvalue weighted by atomic mass is 9.87. The fraction of sp³-hybridized carbons (Fsp3) is 0.118. The molecule has 6 heteroatoms. The van der Waals surface area contributed by atoms with E-state index in [1.165, 1.54) is 0 Å². The molecule has 0 spiro atoms. The molecule has 0 radical (unpaired) electrons. The van der Waals surface area contributed by atoms with E-state index in [1.807, 2.05) is 24.3 Å². The molecule has 1 aliphatic heterocycles. The number of H-pyrrole nitrogens is 1. The van der Waals surface area contributed by atoms with Gasteiger partial charge in [-0.3, -0.25) is 4.79 Å². The number of halogens is 1.